The summed E-state index contributed by atoms with van der Waals surface area (Å²) in [6.07, 6.45) is 5.67. The van der Waals surface area contributed by atoms with Gasteiger partial charge in [-0.2, -0.15) is 0 Å². The molecule has 0 heterocycles. The number of benzene rings is 1. The van der Waals surface area contributed by atoms with Crippen molar-refractivity contribution in [2.45, 2.75) is 51.3 Å². The van der Waals surface area contributed by atoms with Crippen LogP contribution in [0.1, 0.15) is 44.2 Å². The first kappa shape index (κ1) is 12.6. The van der Waals surface area contributed by atoms with E-state index < -0.39 is 0 Å². The molecule has 84 valence electrons. The predicted octanol–water partition coefficient (Wildman–Crippen LogP) is 4.59. The van der Waals surface area contributed by atoms with Crippen LogP contribution in [0.15, 0.2) is 24.3 Å². The van der Waals surface area contributed by atoms with Crippen LogP contribution < -0.4 is 0 Å². The molecular formula is C14H21Cl. The largest absolute Gasteiger partial charge is 0.123 e. The topological polar surface area (TPSA) is 0 Å². The molecule has 0 fully saturated rings. The molecule has 15 heavy (non-hydrogen) atoms. The number of halogens is 1. The lowest BCUT2D eigenvalue weighted by molar-refractivity contribution is 0.726. The molecule has 1 atom stereocenters. The average molecular weight is 225 g/mol. The summed E-state index contributed by atoms with van der Waals surface area (Å²) < 4.78 is 0. The zero-order chi connectivity index (χ0) is 11.1. The van der Waals surface area contributed by atoms with Gasteiger partial charge in [0.1, 0.15) is 0 Å². The van der Waals surface area contributed by atoms with Crippen LogP contribution in [0.3, 0.4) is 0 Å². The Morgan fingerprint density at radius 1 is 1.13 bits per heavy atom. The molecule has 0 aliphatic heterocycles. The first-order valence-corrected chi connectivity index (χ1v) is 6.41. The van der Waals surface area contributed by atoms with E-state index in [4.69, 9.17) is 11.6 Å². The van der Waals surface area contributed by atoms with Crippen LogP contribution in [0, 0.1) is 0 Å². The highest BCUT2D eigenvalue weighted by molar-refractivity contribution is 6.20. The fraction of sp³-hybridized carbons (Fsp3) is 0.571. The Kier molecular flexibility index (Phi) is 5.78. The van der Waals surface area contributed by atoms with E-state index in [0.717, 1.165) is 19.3 Å². The van der Waals surface area contributed by atoms with Crippen LogP contribution in [0.2, 0.25) is 0 Å². The summed E-state index contributed by atoms with van der Waals surface area (Å²) in [5, 5.41) is 0.333. The Balaban J connectivity index is 2.50. The molecule has 0 aliphatic rings. The maximum atomic E-state index is 6.12. The molecular weight excluding hydrogens is 204 g/mol. The molecule has 1 aromatic carbocycles. The third-order valence-corrected chi connectivity index (χ3v) is 3.25. The average Bonchev–Trinajstić information content (AvgIpc) is 2.27. The van der Waals surface area contributed by atoms with E-state index in [1.54, 1.807) is 0 Å². The van der Waals surface area contributed by atoms with Gasteiger partial charge < -0.3 is 0 Å². The van der Waals surface area contributed by atoms with Crippen molar-refractivity contribution in [1.82, 2.24) is 0 Å². The Morgan fingerprint density at radius 2 is 1.80 bits per heavy atom. The number of hydrogen-bond donors (Lipinski definition) is 0. The van der Waals surface area contributed by atoms with Gasteiger partial charge in [-0.05, 0) is 36.8 Å². The zero-order valence-electron chi connectivity index (χ0n) is 9.80. The molecule has 0 aliphatic carbocycles. The third-order valence-electron chi connectivity index (χ3n) is 2.72. The molecule has 0 bridgehead atoms. The van der Waals surface area contributed by atoms with Crippen LogP contribution in [0.25, 0.3) is 0 Å². The van der Waals surface area contributed by atoms with E-state index in [-0.39, 0.29) is 0 Å². The Bertz CT molecular complexity index is 280. The molecule has 1 heteroatoms. The number of alkyl halides is 1. The summed E-state index contributed by atoms with van der Waals surface area (Å²) >= 11 is 6.12. The zero-order valence-corrected chi connectivity index (χ0v) is 10.6. The summed E-state index contributed by atoms with van der Waals surface area (Å²) in [5.74, 6) is 0. The number of hydrogen-bond acceptors (Lipinski definition) is 0. The van der Waals surface area contributed by atoms with Gasteiger partial charge in [0.2, 0.25) is 0 Å². The minimum absolute atomic E-state index is 0.333. The molecule has 0 radical (unpaired) electrons. The smallest absolute Gasteiger partial charge is 0.0336 e. The van der Waals surface area contributed by atoms with Crippen molar-refractivity contribution in [1.29, 1.82) is 0 Å². The Labute approximate surface area is 98.7 Å². The van der Waals surface area contributed by atoms with Gasteiger partial charge in [0.15, 0.2) is 0 Å². The summed E-state index contributed by atoms with van der Waals surface area (Å²) in [6.45, 7) is 4.36. The third kappa shape index (κ3) is 4.70. The number of rotatable bonds is 6. The lowest BCUT2D eigenvalue weighted by Gasteiger charge is -2.07. The molecule has 0 N–H and O–H groups in total. The van der Waals surface area contributed by atoms with Crippen LogP contribution in [0.5, 0.6) is 0 Å². The molecule has 0 saturated carbocycles. The first-order valence-electron chi connectivity index (χ1n) is 5.98. The van der Waals surface area contributed by atoms with Crippen molar-refractivity contribution < 1.29 is 0 Å². The van der Waals surface area contributed by atoms with Crippen LogP contribution in [0.4, 0.5) is 0 Å². The molecule has 0 nitrogen and oxygen atoms in total. The van der Waals surface area contributed by atoms with Crippen molar-refractivity contribution in [2.75, 3.05) is 0 Å². The van der Waals surface area contributed by atoms with E-state index in [2.05, 4.69) is 38.1 Å². The summed E-state index contributed by atoms with van der Waals surface area (Å²) in [7, 11) is 0. The maximum Gasteiger partial charge on any atom is 0.0336 e. The Hall–Kier alpha value is -0.490. The maximum absolute atomic E-state index is 6.12. The van der Waals surface area contributed by atoms with E-state index in [0.29, 0.717) is 5.38 Å². The van der Waals surface area contributed by atoms with E-state index in [1.807, 2.05) is 0 Å². The standard InChI is InChI=1S/C14H21Cl/c1-3-6-12-7-5-8-13(11-12)9-10-14(15)4-2/h5,7-8,11,14H,3-4,6,9-10H2,1-2H3. The second-order valence-corrected chi connectivity index (χ2v) is 4.73. The molecule has 0 spiro atoms. The van der Waals surface area contributed by atoms with Crippen molar-refractivity contribution >= 4 is 11.6 Å². The lowest BCUT2D eigenvalue weighted by atomic mass is 10.0. The summed E-state index contributed by atoms with van der Waals surface area (Å²) in [5.41, 5.74) is 2.89. The van der Waals surface area contributed by atoms with Crippen molar-refractivity contribution in [3.05, 3.63) is 35.4 Å². The second-order valence-electron chi connectivity index (χ2n) is 4.11. The summed E-state index contributed by atoms with van der Waals surface area (Å²) in [4.78, 5) is 0. The van der Waals surface area contributed by atoms with Gasteiger partial charge in [-0.15, -0.1) is 11.6 Å². The van der Waals surface area contributed by atoms with Crippen LogP contribution >= 0.6 is 11.6 Å². The van der Waals surface area contributed by atoms with Gasteiger partial charge in [0.05, 0.1) is 0 Å². The van der Waals surface area contributed by atoms with Crippen LogP contribution in [-0.4, -0.2) is 5.38 Å². The normalized spacial score (nSPS) is 12.7. The lowest BCUT2D eigenvalue weighted by Crippen LogP contribution is -1.99. The minimum atomic E-state index is 0.333. The van der Waals surface area contributed by atoms with Gasteiger partial charge in [-0.1, -0.05) is 44.5 Å². The fourth-order valence-corrected chi connectivity index (χ4v) is 1.87. The monoisotopic (exact) mass is 224 g/mol. The fourth-order valence-electron chi connectivity index (χ4n) is 1.76. The molecule has 1 aromatic rings. The van der Waals surface area contributed by atoms with E-state index >= 15 is 0 Å². The van der Waals surface area contributed by atoms with Crippen LogP contribution in [-0.2, 0) is 12.8 Å². The SMILES string of the molecule is CCCc1cccc(CCC(Cl)CC)c1. The minimum Gasteiger partial charge on any atom is -0.123 e. The van der Waals surface area contributed by atoms with Gasteiger partial charge in [0.25, 0.3) is 0 Å². The van der Waals surface area contributed by atoms with Gasteiger partial charge in [0, 0.05) is 5.38 Å². The highest BCUT2D eigenvalue weighted by Crippen LogP contribution is 2.14. The highest BCUT2D eigenvalue weighted by Gasteiger charge is 2.02. The molecule has 0 saturated heterocycles. The molecule has 1 unspecified atom stereocenters. The van der Waals surface area contributed by atoms with Gasteiger partial charge in [-0.3, -0.25) is 0 Å². The molecule has 1 rings (SSSR count). The first-order chi connectivity index (χ1) is 7.26. The highest BCUT2D eigenvalue weighted by atomic mass is 35.5. The second kappa shape index (κ2) is 6.90. The Morgan fingerprint density at radius 3 is 2.40 bits per heavy atom. The molecule has 0 aromatic heterocycles. The van der Waals surface area contributed by atoms with Crippen molar-refractivity contribution in [3.63, 3.8) is 0 Å². The summed E-state index contributed by atoms with van der Waals surface area (Å²) in [6, 6.07) is 8.90. The van der Waals surface area contributed by atoms with Crippen molar-refractivity contribution in [3.8, 4) is 0 Å². The predicted molar refractivity (Wildman–Crippen MR) is 68.7 cm³/mol. The van der Waals surface area contributed by atoms with Gasteiger partial charge in [-0.25, -0.2) is 0 Å². The number of aryl methyl sites for hydroxylation is 2. The van der Waals surface area contributed by atoms with Crippen molar-refractivity contribution in [2.24, 2.45) is 0 Å². The van der Waals surface area contributed by atoms with E-state index in [1.165, 1.54) is 24.0 Å². The van der Waals surface area contributed by atoms with E-state index in [9.17, 15) is 0 Å². The van der Waals surface area contributed by atoms with Gasteiger partial charge >= 0.3 is 0 Å². The quantitative estimate of drug-likeness (QED) is 0.620. The molecule has 0 amide bonds.